The Morgan fingerprint density at radius 1 is 0.667 bits per heavy atom. The van der Waals surface area contributed by atoms with Crippen LogP contribution in [0.15, 0.2) is 24.3 Å². The fraction of sp³-hybridized carbons (Fsp3) is 0.429. The molecule has 0 atom stereocenters. The van der Waals surface area contributed by atoms with Crippen LogP contribution in [0.2, 0.25) is 5.15 Å². The van der Waals surface area contributed by atoms with E-state index in [1.165, 1.54) is 31.4 Å². The van der Waals surface area contributed by atoms with Gasteiger partial charge >= 0.3 is 35.5 Å². The van der Waals surface area contributed by atoms with Gasteiger partial charge in [-0.1, -0.05) is 25.4 Å². The molecule has 0 aliphatic heterocycles. The van der Waals surface area contributed by atoms with Gasteiger partial charge in [-0.2, -0.15) is 35.1 Å². The van der Waals surface area contributed by atoms with E-state index in [0.717, 1.165) is 24.3 Å². The van der Waals surface area contributed by atoms with Gasteiger partial charge in [-0.15, -0.1) is 0 Å². The van der Waals surface area contributed by atoms with Crippen molar-refractivity contribution < 1.29 is 44.7 Å². The van der Waals surface area contributed by atoms with Gasteiger partial charge in [-0.05, 0) is 45.0 Å². The molecule has 6 nitrogen and oxygen atoms in total. The molecule has 0 radical (unpaired) electrons. The lowest BCUT2D eigenvalue weighted by Crippen LogP contribution is -2.67. The molecule has 2 amide bonds. The van der Waals surface area contributed by atoms with Gasteiger partial charge in [0.1, 0.15) is 5.15 Å². The average molecular weight is 549 g/mol. The molecule has 0 fully saturated rings. The van der Waals surface area contributed by atoms with Crippen molar-refractivity contribution in [2.75, 3.05) is 10.6 Å². The maximum absolute atomic E-state index is 14.2. The summed E-state index contributed by atoms with van der Waals surface area (Å²) in [6, 6.07) is 3.48. The van der Waals surface area contributed by atoms with E-state index in [4.69, 9.17) is 11.6 Å². The van der Waals surface area contributed by atoms with Crippen molar-refractivity contribution in [1.29, 1.82) is 0 Å². The predicted octanol–water partition coefficient (Wildman–Crippen LogP) is 6.20. The zero-order valence-corrected chi connectivity index (χ0v) is 20.2. The van der Waals surface area contributed by atoms with Crippen LogP contribution in [0.3, 0.4) is 0 Å². The maximum atomic E-state index is 14.2. The standard InChI is InChI=1S/C19H15ClF8N4O2.C2H6/c1-8-4-11(5-9(2)29-8)31-14(33)16(21,22)18(25,26)19(27,28)17(23,24)15(34)32-12-6-10(3)30-13(20)7-12;1-2/h4-7H,1-3H3,(H,29,31,33)(H,30,32,34);1-2H3. The summed E-state index contributed by atoms with van der Waals surface area (Å²) in [5, 5.41) is 2.09. The molecule has 15 heteroatoms. The predicted molar refractivity (Wildman–Crippen MR) is 116 cm³/mol. The highest BCUT2D eigenvalue weighted by molar-refractivity contribution is 6.29. The second-order valence-corrected chi connectivity index (χ2v) is 7.55. The number of amides is 2. The highest BCUT2D eigenvalue weighted by atomic mass is 35.5. The molecule has 200 valence electrons. The molecule has 2 heterocycles. The van der Waals surface area contributed by atoms with E-state index in [0.29, 0.717) is 0 Å². The van der Waals surface area contributed by atoms with Crippen LogP contribution in [0.5, 0.6) is 0 Å². The highest BCUT2D eigenvalue weighted by Crippen LogP contribution is 2.53. The van der Waals surface area contributed by atoms with Crippen molar-refractivity contribution in [2.45, 2.75) is 58.3 Å². The first-order chi connectivity index (χ1) is 16.3. The molecular weight excluding hydrogens is 528 g/mol. The Hall–Kier alpha value is -3.03. The fourth-order valence-electron chi connectivity index (χ4n) is 2.71. The fourth-order valence-corrected chi connectivity index (χ4v) is 2.96. The van der Waals surface area contributed by atoms with Crippen molar-refractivity contribution in [3.05, 3.63) is 46.5 Å². The topological polar surface area (TPSA) is 84.0 Å². The summed E-state index contributed by atoms with van der Waals surface area (Å²) in [6.07, 6.45) is 0. The van der Waals surface area contributed by atoms with Crippen LogP contribution in [-0.2, 0) is 9.59 Å². The van der Waals surface area contributed by atoms with E-state index in [2.05, 4.69) is 9.97 Å². The molecule has 0 saturated heterocycles. The molecule has 0 aromatic carbocycles. The summed E-state index contributed by atoms with van der Waals surface area (Å²) in [5.41, 5.74) is -0.860. The number of anilines is 2. The lowest BCUT2D eigenvalue weighted by molar-refractivity contribution is -0.345. The molecule has 36 heavy (non-hydrogen) atoms. The van der Waals surface area contributed by atoms with E-state index in [1.807, 2.05) is 13.8 Å². The number of nitrogens with zero attached hydrogens (tertiary/aromatic N) is 2. The van der Waals surface area contributed by atoms with Crippen LogP contribution < -0.4 is 10.6 Å². The molecule has 0 saturated carbocycles. The van der Waals surface area contributed by atoms with Crippen LogP contribution in [0.25, 0.3) is 0 Å². The molecule has 0 bridgehead atoms. The Morgan fingerprint density at radius 3 is 1.31 bits per heavy atom. The molecule has 2 aromatic rings. The maximum Gasteiger partial charge on any atom is 0.393 e. The second kappa shape index (κ2) is 10.9. The third-order valence-corrected chi connectivity index (χ3v) is 4.47. The van der Waals surface area contributed by atoms with Crippen molar-refractivity contribution in [2.24, 2.45) is 0 Å². The first-order valence-electron chi connectivity index (χ1n) is 10.1. The van der Waals surface area contributed by atoms with E-state index in [1.54, 1.807) is 0 Å². The third-order valence-electron chi connectivity index (χ3n) is 4.27. The van der Waals surface area contributed by atoms with Crippen LogP contribution >= 0.6 is 11.6 Å². The third kappa shape index (κ3) is 6.02. The zero-order valence-electron chi connectivity index (χ0n) is 19.4. The Labute approximate surface area is 205 Å². The van der Waals surface area contributed by atoms with Crippen LogP contribution in [0, 0.1) is 20.8 Å². The molecule has 2 rings (SSSR count). The summed E-state index contributed by atoms with van der Waals surface area (Å²) in [7, 11) is 0. The normalized spacial score (nSPS) is 12.4. The number of aryl methyl sites for hydroxylation is 3. The van der Waals surface area contributed by atoms with Gasteiger partial charge in [0.25, 0.3) is 0 Å². The van der Waals surface area contributed by atoms with Gasteiger partial charge in [0.05, 0.1) is 0 Å². The number of pyridine rings is 2. The zero-order chi connectivity index (χ0) is 28.3. The van der Waals surface area contributed by atoms with Gasteiger partial charge in [-0.25, -0.2) is 4.98 Å². The SMILES string of the molecule is CC.Cc1cc(NC(=O)C(F)(F)C(F)(F)C(F)(F)C(F)(F)C(=O)Nc2cc(C)nc(Cl)c2)cc(C)n1. The molecular formula is C21H21ClF8N4O2. The van der Waals surface area contributed by atoms with Gasteiger partial charge in [0.15, 0.2) is 0 Å². The lowest BCUT2D eigenvalue weighted by atomic mass is 9.97. The highest BCUT2D eigenvalue weighted by Gasteiger charge is 2.84. The number of carbonyl (C=O) groups excluding carboxylic acids is 2. The van der Waals surface area contributed by atoms with Gasteiger partial charge in [0, 0.05) is 28.5 Å². The number of hydrogen-bond donors (Lipinski definition) is 2. The minimum atomic E-state index is -7.01. The molecule has 0 aliphatic carbocycles. The van der Waals surface area contributed by atoms with E-state index < -0.39 is 46.9 Å². The minimum Gasteiger partial charge on any atom is -0.321 e. The number of aromatic nitrogens is 2. The average Bonchev–Trinajstić information content (AvgIpc) is 2.73. The van der Waals surface area contributed by atoms with Crippen LogP contribution in [0.4, 0.5) is 46.5 Å². The largest absolute Gasteiger partial charge is 0.393 e. The van der Waals surface area contributed by atoms with Gasteiger partial charge in [0.2, 0.25) is 0 Å². The minimum absolute atomic E-state index is 0.0213. The summed E-state index contributed by atoms with van der Waals surface area (Å²) >= 11 is 5.53. The van der Waals surface area contributed by atoms with E-state index in [9.17, 15) is 44.7 Å². The smallest absolute Gasteiger partial charge is 0.321 e. The van der Waals surface area contributed by atoms with Crippen LogP contribution in [0.1, 0.15) is 30.9 Å². The Morgan fingerprint density at radius 2 is 0.972 bits per heavy atom. The Balaban J connectivity index is 0.00000316. The van der Waals surface area contributed by atoms with Crippen LogP contribution in [-0.4, -0.2) is 45.5 Å². The molecule has 2 N–H and O–H groups in total. The van der Waals surface area contributed by atoms with E-state index >= 15 is 0 Å². The number of hydrogen-bond acceptors (Lipinski definition) is 4. The second-order valence-electron chi connectivity index (χ2n) is 7.16. The molecule has 0 unspecified atom stereocenters. The lowest BCUT2D eigenvalue weighted by Gasteiger charge is -2.35. The van der Waals surface area contributed by atoms with Crippen molar-refractivity contribution in [3.63, 3.8) is 0 Å². The number of halogens is 9. The number of carbonyl (C=O) groups is 2. The Bertz CT molecular complexity index is 1000. The number of alkyl halides is 8. The Kier molecular flexibility index (Phi) is 9.41. The quantitative estimate of drug-likeness (QED) is 0.319. The van der Waals surface area contributed by atoms with Crippen molar-refractivity contribution in [3.8, 4) is 0 Å². The van der Waals surface area contributed by atoms with Crippen molar-refractivity contribution in [1.82, 2.24) is 9.97 Å². The first kappa shape index (κ1) is 31.0. The first-order valence-corrected chi connectivity index (χ1v) is 10.4. The monoisotopic (exact) mass is 548 g/mol. The molecule has 0 aliphatic rings. The number of nitrogens with one attached hydrogen (secondary N) is 2. The molecule has 2 aromatic heterocycles. The summed E-state index contributed by atoms with van der Waals surface area (Å²) in [5.74, 6) is -32.8. The molecule has 0 spiro atoms. The summed E-state index contributed by atoms with van der Waals surface area (Å²) in [6.45, 7) is 7.97. The van der Waals surface area contributed by atoms with Crippen molar-refractivity contribution >= 4 is 34.8 Å². The van der Waals surface area contributed by atoms with Gasteiger partial charge < -0.3 is 10.6 Å². The van der Waals surface area contributed by atoms with E-state index in [-0.39, 0.29) is 22.2 Å². The van der Waals surface area contributed by atoms with Gasteiger partial charge in [-0.3, -0.25) is 14.6 Å². The summed E-state index contributed by atoms with van der Waals surface area (Å²) < 4.78 is 113. The number of rotatable bonds is 7. The summed E-state index contributed by atoms with van der Waals surface area (Å²) in [4.78, 5) is 30.9.